The number of carbonyl (C=O) groups excluding carboxylic acids is 1. The first-order valence-corrected chi connectivity index (χ1v) is 14.4. The van der Waals surface area contributed by atoms with E-state index in [-0.39, 0.29) is 12.6 Å². The van der Waals surface area contributed by atoms with E-state index in [9.17, 15) is 18.0 Å². The van der Waals surface area contributed by atoms with Gasteiger partial charge in [0.25, 0.3) is 0 Å². The number of ether oxygens (including phenoxy) is 2. The molecule has 1 fully saturated rings. The normalized spacial score (nSPS) is 16.8. The second-order valence-electron chi connectivity index (χ2n) is 10.8. The lowest BCUT2D eigenvalue weighted by Gasteiger charge is -2.33. The van der Waals surface area contributed by atoms with Crippen LogP contribution in [-0.2, 0) is 11.3 Å². The molecule has 230 valence electrons. The molecule has 2 aromatic carbocycles. The first kappa shape index (κ1) is 30.5. The van der Waals surface area contributed by atoms with Gasteiger partial charge in [0.2, 0.25) is 5.82 Å². The second-order valence-corrected chi connectivity index (χ2v) is 10.8. The Hall–Kier alpha value is -3.97. The molecule has 1 N–H and O–H groups in total. The average molecular weight is 600 g/mol. The monoisotopic (exact) mass is 599 g/mol. The Morgan fingerprint density at radius 3 is 2.63 bits per heavy atom. The zero-order chi connectivity index (χ0) is 30.6. The van der Waals surface area contributed by atoms with Gasteiger partial charge in [-0.25, -0.2) is 4.79 Å². The molecule has 0 amide bonds. The lowest BCUT2D eigenvalue weighted by molar-refractivity contribution is -0.146. The van der Waals surface area contributed by atoms with E-state index in [1.807, 2.05) is 50.2 Å². The molecule has 1 unspecified atom stereocenters. The standard InChI is InChI=1S/C30H36F3N7O3/c1-4-5-15-43-29(41)40-14-11-23-24(26(42-3)16-20(2)27(23)40)17-39-13-6-12-38(19-30(31,32)33)18-25(39)21-7-9-22(10-8-21)28-34-36-37-35-28/h7-11,14,16,25H,4-6,12-13,15,17-19H2,1-3H3,(H,34,35,36,37). The zero-order valence-corrected chi connectivity index (χ0v) is 24.5. The molecule has 2 aromatic heterocycles. The van der Waals surface area contributed by atoms with Gasteiger partial charge in [-0.2, -0.15) is 18.4 Å². The Bertz CT molecular complexity index is 1520. The maximum absolute atomic E-state index is 13.5. The quantitative estimate of drug-likeness (QED) is 0.243. The van der Waals surface area contributed by atoms with Crippen molar-refractivity contribution in [3.63, 3.8) is 0 Å². The van der Waals surface area contributed by atoms with Crippen LogP contribution in [0, 0.1) is 6.92 Å². The Morgan fingerprint density at radius 2 is 1.95 bits per heavy atom. The van der Waals surface area contributed by atoms with Gasteiger partial charge in [-0.3, -0.25) is 14.4 Å². The fraction of sp³-hybridized carbons (Fsp3) is 0.467. The number of aromatic nitrogens is 5. The number of hydrogen-bond acceptors (Lipinski definition) is 8. The van der Waals surface area contributed by atoms with Gasteiger partial charge in [-0.1, -0.05) is 37.6 Å². The Kier molecular flexibility index (Phi) is 9.31. The molecule has 0 radical (unpaired) electrons. The van der Waals surface area contributed by atoms with Crippen molar-refractivity contribution in [2.75, 3.05) is 39.9 Å². The fourth-order valence-electron chi connectivity index (χ4n) is 5.78. The highest BCUT2D eigenvalue weighted by Crippen LogP contribution is 2.36. The van der Waals surface area contributed by atoms with Crippen LogP contribution in [0.1, 0.15) is 48.9 Å². The summed E-state index contributed by atoms with van der Waals surface area (Å²) in [7, 11) is 1.60. The van der Waals surface area contributed by atoms with Gasteiger partial charge in [0.1, 0.15) is 5.75 Å². The minimum atomic E-state index is -4.30. The molecule has 1 saturated heterocycles. The van der Waals surface area contributed by atoms with Gasteiger partial charge in [0.15, 0.2) is 0 Å². The molecular weight excluding hydrogens is 563 g/mol. The van der Waals surface area contributed by atoms with Crippen LogP contribution in [0.2, 0.25) is 0 Å². The van der Waals surface area contributed by atoms with Gasteiger partial charge < -0.3 is 9.47 Å². The lowest BCUT2D eigenvalue weighted by Crippen LogP contribution is -2.39. The first-order chi connectivity index (χ1) is 20.7. The molecule has 0 bridgehead atoms. The first-order valence-electron chi connectivity index (χ1n) is 14.4. The largest absolute Gasteiger partial charge is 0.496 e. The summed E-state index contributed by atoms with van der Waals surface area (Å²) in [4.78, 5) is 16.6. The van der Waals surface area contributed by atoms with Crippen LogP contribution >= 0.6 is 0 Å². The van der Waals surface area contributed by atoms with Gasteiger partial charge in [-0.15, -0.1) is 10.2 Å². The van der Waals surface area contributed by atoms with Crippen molar-refractivity contribution in [2.45, 2.75) is 51.9 Å². The number of carbonyl (C=O) groups is 1. The van der Waals surface area contributed by atoms with E-state index in [2.05, 4.69) is 25.5 Å². The number of unbranched alkanes of at least 4 members (excludes halogenated alkanes) is 1. The number of nitrogens with zero attached hydrogens (tertiary/aromatic N) is 6. The highest BCUT2D eigenvalue weighted by atomic mass is 19.4. The van der Waals surface area contributed by atoms with E-state index in [0.717, 1.165) is 46.0 Å². The van der Waals surface area contributed by atoms with Crippen molar-refractivity contribution in [1.82, 2.24) is 35.0 Å². The summed E-state index contributed by atoms with van der Waals surface area (Å²) in [6, 6.07) is 11.0. The minimum Gasteiger partial charge on any atom is -0.496 e. The van der Waals surface area contributed by atoms with E-state index in [0.29, 0.717) is 44.2 Å². The summed E-state index contributed by atoms with van der Waals surface area (Å²) in [6.07, 6.45) is -0.784. The summed E-state index contributed by atoms with van der Waals surface area (Å²) in [5.74, 6) is 1.09. The third kappa shape index (κ3) is 6.99. The predicted molar refractivity (Wildman–Crippen MR) is 155 cm³/mol. The van der Waals surface area contributed by atoms with Gasteiger partial charge in [0, 0.05) is 48.4 Å². The predicted octanol–water partition coefficient (Wildman–Crippen LogP) is 5.73. The van der Waals surface area contributed by atoms with E-state index < -0.39 is 18.8 Å². The molecule has 0 saturated carbocycles. The SMILES string of the molecule is CCCCOC(=O)n1ccc2c(CN3CCCN(CC(F)(F)F)CC3c3ccc(-c4nn[nH]n4)cc3)c(OC)cc(C)c21. The number of nitrogens with one attached hydrogen (secondary N) is 1. The van der Waals surface area contributed by atoms with Gasteiger partial charge >= 0.3 is 12.3 Å². The van der Waals surface area contributed by atoms with Crippen molar-refractivity contribution in [2.24, 2.45) is 0 Å². The number of fused-ring (bicyclic) bond motifs is 1. The summed E-state index contributed by atoms with van der Waals surface area (Å²) in [5, 5.41) is 14.9. The van der Waals surface area contributed by atoms with Crippen LogP contribution in [0.5, 0.6) is 5.75 Å². The number of benzene rings is 2. The zero-order valence-electron chi connectivity index (χ0n) is 24.5. The van der Waals surface area contributed by atoms with E-state index >= 15 is 0 Å². The number of H-pyrrole nitrogens is 1. The number of hydrogen-bond donors (Lipinski definition) is 1. The van der Waals surface area contributed by atoms with Crippen molar-refractivity contribution in [1.29, 1.82) is 0 Å². The molecule has 5 rings (SSSR count). The molecular formula is C30H36F3N7O3. The topological polar surface area (TPSA) is 101 Å². The summed E-state index contributed by atoms with van der Waals surface area (Å²) in [6.45, 7) is 4.82. The van der Waals surface area contributed by atoms with Crippen molar-refractivity contribution in [3.8, 4) is 17.1 Å². The molecule has 4 aromatic rings. The molecule has 3 heterocycles. The van der Waals surface area contributed by atoms with E-state index in [4.69, 9.17) is 9.47 Å². The number of tetrazole rings is 1. The van der Waals surface area contributed by atoms with Crippen LogP contribution in [0.3, 0.4) is 0 Å². The Balaban J connectivity index is 1.51. The van der Waals surface area contributed by atoms with Crippen LogP contribution in [0.15, 0.2) is 42.6 Å². The van der Waals surface area contributed by atoms with E-state index in [1.165, 1.54) is 9.47 Å². The molecule has 1 aliphatic heterocycles. The Morgan fingerprint density at radius 1 is 1.16 bits per heavy atom. The molecule has 10 nitrogen and oxygen atoms in total. The highest BCUT2D eigenvalue weighted by molar-refractivity contribution is 5.95. The van der Waals surface area contributed by atoms with Gasteiger partial charge in [-0.05, 0) is 54.8 Å². The lowest BCUT2D eigenvalue weighted by atomic mass is 10.00. The highest BCUT2D eigenvalue weighted by Gasteiger charge is 2.35. The third-order valence-corrected chi connectivity index (χ3v) is 7.82. The van der Waals surface area contributed by atoms with Crippen LogP contribution in [0.25, 0.3) is 22.3 Å². The van der Waals surface area contributed by atoms with Crippen molar-refractivity contribution >= 4 is 17.0 Å². The average Bonchev–Trinajstić information content (AvgIpc) is 3.63. The van der Waals surface area contributed by atoms with Crippen LogP contribution < -0.4 is 4.74 Å². The number of alkyl halides is 3. The minimum absolute atomic E-state index is 0.198. The Labute approximate surface area is 247 Å². The fourth-order valence-corrected chi connectivity index (χ4v) is 5.78. The maximum Gasteiger partial charge on any atom is 0.418 e. The number of aromatic amines is 1. The molecule has 0 aliphatic carbocycles. The molecule has 1 atom stereocenters. The summed E-state index contributed by atoms with van der Waals surface area (Å²) >= 11 is 0. The van der Waals surface area contributed by atoms with Crippen molar-refractivity contribution < 1.29 is 27.4 Å². The molecule has 43 heavy (non-hydrogen) atoms. The third-order valence-electron chi connectivity index (χ3n) is 7.82. The van der Waals surface area contributed by atoms with Gasteiger partial charge in [0.05, 0.1) is 25.8 Å². The maximum atomic E-state index is 13.5. The summed E-state index contributed by atoms with van der Waals surface area (Å²) in [5.41, 5.74) is 4.07. The van der Waals surface area contributed by atoms with E-state index in [1.54, 1.807) is 13.3 Å². The van der Waals surface area contributed by atoms with Crippen LogP contribution in [-0.4, -0.2) is 87.2 Å². The smallest absolute Gasteiger partial charge is 0.418 e. The molecule has 0 spiro atoms. The van der Waals surface area contributed by atoms with Crippen LogP contribution in [0.4, 0.5) is 18.0 Å². The molecule has 1 aliphatic rings. The second kappa shape index (κ2) is 13.1. The number of aryl methyl sites for hydroxylation is 1. The number of rotatable bonds is 9. The molecule has 13 heteroatoms. The van der Waals surface area contributed by atoms with Crippen molar-refractivity contribution in [3.05, 3.63) is 59.3 Å². The summed E-state index contributed by atoms with van der Waals surface area (Å²) < 4.78 is 53.3. The number of halogens is 3. The number of methoxy groups -OCH3 is 1.